The van der Waals surface area contributed by atoms with Crippen LogP contribution in [-0.2, 0) is 19.1 Å². The van der Waals surface area contributed by atoms with Gasteiger partial charge in [-0.1, -0.05) is 6.07 Å². The van der Waals surface area contributed by atoms with E-state index < -0.39 is 17.8 Å². The number of amides is 2. The lowest BCUT2D eigenvalue weighted by Crippen LogP contribution is -2.31. The second-order valence-corrected chi connectivity index (χ2v) is 8.32. The molecule has 0 spiro atoms. The quantitative estimate of drug-likeness (QED) is 0.318. The summed E-state index contributed by atoms with van der Waals surface area (Å²) in [4.78, 5) is 53.6. The van der Waals surface area contributed by atoms with E-state index in [-0.39, 0.29) is 29.8 Å². The lowest BCUT2D eigenvalue weighted by atomic mass is 10.1. The van der Waals surface area contributed by atoms with Gasteiger partial charge in [-0.05, 0) is 47.9 Å². The molecule has 1 saturated heterocycles. The number of imide groups is 1. The minimum Gasteiger partial charge on any atom is -0.497 e. The minimum absolute atomic E-state index is 0.00429. The Bertz CT molecular complexity index is 1190. The van der Waals surface area contributed by atoms with Crippen LogP contribution in [0.1, 0.15) is 16.8 Å². The highest BCUT2D eigenvalue weighted by molar-refractivity contribution is 8.01. The van der Waals surface area contributed by atoms with Crippen molar-refractivity contribution in [1.82, 2.24) is 4.98 Å². The van der Waals surface area contributed by atoms with E-state index in [1.54, 1.807) is 42.6 Å². The monoisotopic (exact) mass is 452 g/mol. The molecule has 1 fully saturated rings. The Hall–Kier alpha value is -3.59. The Balaban J connectivity index is 1.29. The van der Waals surface area contributed by atoms with E-state index >= 15 is 0 Å². The van der Waals surface area contributed by atoms with Gasteiger partial charge in [0.15, 0.2) is 12.4 Å². The molecule has 164 valence electrons. The number of aromatic nitrogens is 1. The molecule has 0 bridgehead atoms. The van der Waals surface area contributed by atoms with Gasteiger partial charge in [-0.2, -0.15) is 0 Å². The van der Waals surface area contributed by atoms with Crippen molar-refractivity contribution < 1.29 is 28.7 Å². The maximum atomic E-state index is 12.8. The number of anilines is 1. The number of carbonyl (C=O) groups excluding carboxylic acids is 4. The highest BCUT2D eigenvalue weighted by Crippen LogP contribution is 2.31. The van der Waals surface area contributed by atoms with Gasteiger partial charge in [-0.15, -0.1) is 11.8 Å². The standard InChI is InChI=1S/C23H20N2O6S/c1-30-17-6-3-15(4-7-17)19(26)12-31-22(28)13-32-20-11-21(27)25(23(20)29)16-5-2-14-8-9-24-18(14)10-16/h2-10,20,24H,11-13H2,1H3. The summed E-state index contributed by atoms with van der Waals surface area (Å²) in [5.74, 6) is -1.17. The van der Waals surface area contributed by atoms with E-state index in [0.29, 0.717) is 17.0 Å². The van der Waals surface area contributed by atoms with Gasteiger partial charge in [0.2, 0.25) is 11.8 Å². The molecule has 2 heterocycles. The zero-order valence-corrected chi connectivity index (χ0v) is 18.0. The number of nitrogens with one attached hydrogen (secondary N) is 1. The van der Waals surface area contributed by atoms with Gasteiger partial charge in [-0.3, -0.25) is 19.2 Å². The SMILES string of the molecule is COc1ccc(C(=O)COC(=O)CSC2CC(=O)N(c3ccc4cc[nH]c4c3)C2=O)cc1. The Labute approximate surface area is 187 Å². The number of rotatable bonds is 8. The topological polar surface area (TPSA) is 106 Å². The summed E-state index contributed by atoms with van der Waals surface area (Å²) in [5.41, 5.74) is 1.72. The van der Waals surface area contributed by atoms with Crippen molar-refractivity contribution in [1.29, 1.82) is 0 Å². The predicted octanol–water partition coefficient (Wildman–Crippen LogP) is 2.97. The summed E-state index contributed by atoms with van der Waals surface area (Å²) in [6.45, 7) is -0.397. The lowest BCUT2D eigenvalue weighted by molar-refractivity contribution is -0.139. The first-order valence-electron chi connectivity index (χ1n) is 9.84. The number of hydrogen-bond acceptors (Lipinski definition) is 7. The van der Waals surface area contributed by atoms with Crippen molar-refractivity contribution in [3.8, 4) is 5.75 Å². The highest BCUT2D eigenvalue weighted by atomic mass is 32.2. The third-order valence-electron chi connectivity index (χ3n) is 5.08. The van der Waals surface area contributed by atoms with Crippen molar-refractivity contribution in [2.45, 2.75) is 11.7 Å². The molecule has 0 saturated carbocycles. The Kier molecular flexibility index (Phi) is 6.27. The van der Waals surface area contributed by atoms with Crippen LogP contribution in [-0.4, -0.2) is 53.3 Å². The average molecular weight is 452 g/mol. The van der Waals surface area contributed by atoms with E-state index in [0.717, 1.165) is 27.6 Å². The van der Waals surface area contributed by atoms with Crippen molar-refractivity contribution in [2.75, 3.05) is 24.4 Å². The number of nitrogens with zero attached hydrogens (tertiary/aromatic N) is 1. The Morgan fingerprint density at radius 1 is 1.12 bits per heavy atom. The number of carbonyl (C=O) groups is 4. The van der Waals surface area contributed by atoms with Crippen LogP contribution in [0.2, 0.25) is 0 Å². The summed E-state index contributed by atoms with van der Waals surface area (Å²) in [6.07, 6.45) is 1.79. The number of fused-ring (bicyclic) bond motifs is 1. The number of aromatic amines is 1. The van der Waals surface area contributed by atoms with Gasteiger partial charge in [-0.25, -0.2) is 4.90 Å². The van der Waals surface area contributed by atoms with Crippen LogP contribution >= 0.6 is 11.8 Å². The van der Waals surface area contributed by atoms with E-state index in [2.05, 4.69) is 4.98 Å². The number of H-pyrrole nitrogens is 1. The number of ether oxygens (including phenoxy) is 2. The third-order valence-corrected chi connectivity index (χ3v) is 6.25. The average Bonchev–Trinajstić information content (AvgIpc) is 3.39. The molecule has 1 aliphatic rings. The number of hydrogen-bond donors (Lipinski definition) is 1. The van der Waals surface area contributed by atoms with E-state index in [1.165, 1.54) is 7.11 Å². The summed E-state index contributed by atoms with van der Waals surface area (Å²) in [7, 11) is 1.53. The van der Waals surface area contributed by atoms with Crippen LogP contribution < -0.4 is 9.64 Å². The molecule has 32 heavy (non-hydrogen) atoms. The molecular formula is C23H20N2O6S. The maximum absolute atomic E-state index is 12.8. The van der Waals surface area contributed by atoms with Crippen LogP contribution in [0.5, 0.6) is 5.75 Å². The van der Waals surface area contributed by atoms with E-state index in [9.17, 15) is 19.2 Å². The number of benzene rings is 2. The Morgan fingerprint density at radius 3 is 2.66 bits per heavy atom. The summed E-state index contributed by atoms with van der Waals surface area (Å²) in [6, 6.07) is 13.7. The minimum atomic E-state index is -0.674. The molecule has 1 aromatic heterocycles. The van der Waals surface area contributed by atoms with E-state index in [4.69, 9.17) is 9.47 Å². The predicted molar refractivity (Wildman–Crippen MR) is 120 cm³/mol. The molecule has 8 nitrogen and oxygen atoms in total. The Morgan fingerprint density at radius 2 is 1.91 bits per heavy atom. The number of esters is 1. The first-order valence-corrected chi connectivity index (χ1v) is 10.9. The highest BCUT2D eigenvalue weighted by Gasteiger charge is 2.40. The molecule has 4 rings (SSSR count). The normalized spacial score (nSPS) is 15.9. The zero-order valence-electron chi connectivity index (χ0n) is 17.2. The lowest BCUT2D eigenvalue weighted by Gasteiger charge is -2.15. The zero-order chi connectivity index (χ0) is 22.7. The fraction of sp³-hybridized carbons (Fsp3) is 0.217. The van der Waals surface area contributed by atoms with Crippen LogP contribution in [0.4, 0.5) is 5.69 Å². The molecule has 1 unspecified atom stereocenters. The van der Waals surface area contributed by atoms with Crippen LogP contribution in [0.3, 0.4) is 0 Å². The number of ketones is 1. The third kappa shape index (κ3) is 4.52. The molecule has 3 aromatic rings. The summed E-state index contributed by atoms with van der Waals surface area (Å²) < 4.78 is 10.1. The smallest absolute Gasteiger partial charge is 0.316 e. The van der Waals surface area contributed by atoms with E-state index in [1.807, 2.05) is 12.1 Å². The van der Waals surface area contributed by atoms with Crippen molar-refractivity contribution in [3.05, 3.63) is 60.3 Å². The molecule has 0 radical (unpaired) electrons. The first kappa shape index (κ1) is 21.6. The number of methoxy groups -OCH3 is 1. The fourth-order valence-electron chi connectivity index (χ4n) is 3.40. The van der Waals surface area contributed by atoms with Crippen LogP contribution in [0, 0.1) is 0 Å². The molecule has 9 heteroatoms. The summed E-state index contributed by atoms with van der Waals surface area (Å²) in [5, 5.41) is 0.303. The second-order valence-electron chi connectivity index (χ2n) is 7.13. The van der Waals surface area contributed by atoms with Crippen molar-refractivity contribution in [2.24, 2.45) is 0 Å². The first-order chi connectivity index (χ1) is 15.5. The van der Waals surface area contributed by atoms with Crippen molar-refractivity contribution >= 4 is 51.9 Å². The number of thioether (sulfide) groups is 1. The molecular weight excluding hydrogens is 432 g/mol. The molecule has 1 N–H and O–H groups in total. The molecule has 1 atom stereocenters. The van der Waals surface area contributed by atoms with Gasteiger partial charge >= 0.3 is 5.97 Å². The van der Waals surface area contributed by atoms with Gasteiger partial charge in [0, 0.05) is 23.7 Å². The van der Waals surface area contributed by atoms with Gasteiger partial charge in [0.25, 0.3) is 0 Å². The van der Waals surface area contributed by atoms with Crippen molar-refractivity contribution in [3.63, 3.8) is 0 Å². The largest absolute Gasteiger partial charge is 0.497 e. The molecule has 1 aliphatic heterocycles. The van der Waals surface area contributed by atoms with Gasteiger partial charge in [0.1, 0.15) is 5.75 Å². The number of Topliss-reactive ketones (excluding diaryl/α,β-unsaturated/α-hetero) is 1. The van der Waals surface area contributed by atoms with Gasteiger partial charge < -0.3 is 14.5 Å². The summed E-state index contributed by atoms with van der Waals surface area (Å²) >= 11 is 1.04. The fourth-order valence-corrected chi connectivity index (χ4v) is 4.33. The molecule has 2 amide bonds. The molecule has 2 aromatic carbocycles. The second kappa shape index (κ2) is 9.27. The van der Waals surface area contributed by atoms with Crippen LogP contribution in [0.25, 0.3) is 10.9 Å². The van der Waals surface area contributed by atoms with Crippen LogP contribution in [0.15, 0.2) is 54.7 Å². The van der Waals surface area contributed by atoms with Gasteiger partial charge in [0.05, 0.1) is 23.8 Å². The molecule has 0 aliphatic carbocycles. The maximum Gasteiger partial charge on any atom is 0.316 e.